The Morgan fingerprint density at radius 2 is 2.27 bits per heavy atom. The van der Waals surface area contributed by atoms with E-state index >= 15 is 0 Å². The number of ether oxygens (including phenoxy) is 1. The lowest BCUT2D eigenvalue weighted by atomic mass is 10.1. The van der Waals surface area contributed by atoms with Crippen molar-refractivity contribution < 1.29 is 13.9 Å². The molecule has 0 saturated heterocycles. The van der Waals surface area contributed by atoms with Crippen LogP contribution in [-0.4, -0.2) is 24.5 Å². The minimum absolute atomic E-state index is 0. The van der Waals surface area contributed by atoms with Crippen molar-refractivity contribution in [3.8, 4) is 17.0 Å². The third kappa shape index (κ3) is 4.66. The van der Waals surface area contributed by atoms with Gasteiger partial charge in [-0.25, -0.2) is 9.37 Å². The number of hydrogen-bond donors (Lipinski definition) is 2. The van der Waals surface area contributed by atoms with E-state index in [-0.39, 0.29) is 24.1 Å². The van der Waals surface area contributed by atoms with Gasteiger partial charge in [0, 0.05) is 17.4 Å². The van der Waals surface area contributed by atoms with Crippen LogP contribution in [0.15, 0.2) is 23.6 Å². The molecule has 1 aromatic carbocycles. The Morgan fingerprint density at radius 3 is 2.91 bits per heavy atom. The van der Waals surface area contributed by atoms with Gasteiger partial charge in [0.25, 0.3) is 0 Å². The third-order valence-electron chi connectivity index (χ3n) is 2.81. The molecule has 2 aromatic rings. The average Bonchev–Trinajstić information content (AvgIpc) is 2.93. The lowest BCUT2D eigenvalue weighted by Gasteiger charge is -2.03. The van der Waals surface area contributed by atoms with Crippen LogP contribution in [0.5, 0.6) is 5.75 Å². The number of halogens is 2. The molecule has 0 spiro atoms. The zero-order valence-corrected chi connectivity index (χ0v) is 13.6. The summed E-state index contributed by atoms with van der Waals surface area (Å²) < 4.78 is 18.5. The molecule has 0 radical (unpaired) electrons. The fourth-order valence-electron chi connectivity index (χ4n) is 1.73. The van der Waals surface area contributed by atoms with Crippen LogP contribution in [0.3, 0.4) is 0 Å². The largest absolute Gasteiger partial charge is 0.494 e. The number of aromatic nitrogens is 1. The minimum Gasteiger partial charge on any atom is -0.494 e. The van der Waals surface area contributed by atoms with Crippen LogP contribution in [0, 0.1) is 5.82 Å². The molecule has 0 aliphatic carbocycles. The second-order valence-corrected chi connectivity index (χ2v) is 5.19. The van der Waals surface area contributed by atoms with Gasteiger partial charge in [-0.05, 0) is 31.2 Å². The quantitative estimate of drug-likeness (QED) is 0.843. The van der Waals surface area contributed by atoms with Crippen molar-refractivity contribution in [2.24, 2.45) is 5.73 Å². The maximum Gasteiger partial charge on any atom is 0.226 e. The van der Waals surface area contributed by atoms with Gasteiger partial charge >= 0.3 is 0 Å². The first-order valence-electron chi connectivity index (χ1n) is 6.43. The summed E-state index contributed by atoms with van der Waals surface area (Å²) >= 11 is 1.29. The maximum absolute atomic E-state index is 13.7. The van der Waals surface area contributed by atoms with E-state index in [1.165, 1.54) is 24.5 Å². The van der Waals surface area contributed by atoms with Crippen molar-refractivity contribution in [3.63, 3.8) is 0 Å². The summed E-state index contributed by atoms with van der Waals surface area (Å²) in [7, 11) is 1.41. The van der Waals surface area contributed by atoms with E-state index in [1.54, 1.807) is 17.5 Å². The molecule has 0 fully saturated rings. The normalized spacial score (nSPS) is 9.95. The number of hydrogen-bond acceptors (Lipinski definition) is 5. The lowest BCUT2D eigenvalue weighted by Crippen LogP contribution is -2.13. The molecule has 0 bridgehead atoms. The second-order valence-electron chi connectivity index (χ2n) is 4.33. The molecule has 1 amide bonds. The van der Waals surface area contributed by atoms with Crippen molar-refractivity contribution in [1.82, 2.24) is 4.98 Å². The summed E-state index contributed by atoms with van der Waals surface area (Å²) in [5.41, 5.74) is 6.59. The van der Waals surface area contributed by atoms with E-state index in [4.69, 9.17) is 10.5 Å². The molecule has 0 saturated carbocycles. The van der Waals surface area contributed by atoms with Gasteiger partial charge in [-0.3, -0.25) is 4.79 Å². The van der Waals surface area contributed by atoms with Gasteiger partial charge in [-0.15, -0.1) is 23.7 Å². The number of anilines is 1. The molecule has 0 aliphatic heterocycles. The number of carbonyl (C=O) groups excluding carboxylic acids is 1. The summed E-state index contributed by atoms with van der Waals surface area (Å²) in [4.78, 5) is 15.9. The summed E-state index contributed by atoms with van der Waals surface area (Å²) in [6, 6.07) is 4.62. The number of benzene rings is 1. The maximum atomic E-state index is 13.7. The fraction of sp³-hybridized carbons (Fsp3) is 0.286. The zero-order chi connectivity index (χ0) is 15.2. The highest BCUT2D eigenvalue weighted by Crippen LogP contribution is 2.28. The predicted octanol–water partition coefficient (Wildman–Crippen LogP) is 3.06. The van der Waals surface area contributed by atoms with E-state index in [0.717, 1.165) is 0 Å². The van der Waals surface area contributed by atoms with Gasteiger partial charge in [0.05, 0.1) is 12.8 Å². The first-order valence-corrected chi connectivity index (χ1v) is 7.31. The van der Waals surface area contributed by atoms with Crippen LogP contribution in [-0.2, 0) is 4.79 Å². The van der Waals surface area contributed by atoms with Gasteiger partial charge < -0.3 is 15.8 Å². The van der Waals surface area contributed by atoms with Gasteiger partial charge in [0.1, 0.15) is 0 Å². The van der Waals surface area contributed by atoms with Crippen molar-refractivity contribution in [2.75, 3.05) is 19.0 Å². The standard InChI is InChI=1S/C14H16FN3O2S.ClH/c1-20-12-5-4-9(7-10(12)15)11-8-21-14(17-11)18-13(19)3-2-6-16;/h4-5,7-8H,2-3,6,16H2,1H3,(H,17,18,19);1H. The number of nitrogens with two attached hydrogens (primary N) is 1. The van der Waals surface area contributed by atoms with Crippen LogP contribution in [0.4, 0.5) is 9.52 Å². The predicted molar refractivity (Wildman–Crippen MR) is 88.2 cm³/mol. The molecule has 1 heterocycles. The molecular weight excluding hydrogens is 329 g/mol. The highest BCUT2D eigenvalue weighted by molar-refractivity contribution is 7.14. The molecule has 0 aliphatic rings. The number of nitrogens with one attached hydrogen (secondary N) is 1. The first kappa shape index (κ1) is 18.3. The number of methoxy groups -OCH3 is 1. The Morgan fingerprint density at radius 1 is 1.50 bits per heavy atom. The summed E-state index contributed by atoms with van der Waals surface area (Å²) in [5.74, 6) is -0.386. The van der Waals surface area contributed by atoms with E-state index in [9.17, 15) is 9.18 Å². The molecule has 120 valence electrons. The van der Waals surface area contributed by atoms with Crippen molar-refractivity contribution in [2.45, 2.75) is 12.8 Å². The molecule has 0 unspecified atom stereocenters. The molecule has 5 nitrogen and oxygen atoms in total. The van der Waals surface area contributed by atoms with Crippen molar-refractivity contribution in [3.05, 3.63) is 29.4 Å². The van der Waals surface area contributed by atoms with Gasteiger partial charge in [-0.2, -0.15) is 0 Å². The summed E-state index contributed by atoms with van der Waals surface area (Å²) in [6.45, 7) is 0.474. The highest BCUT2D eigenvalue weighted by Gasteiger charge is 2.10. The van der Waals surface area contributed by atoms with Gasteiger partial charge in [0.2, 0.25) is 5.91 Å². The molecule has 2 rings (SSSR count). The highest BCUT2D eigenvalue weighted by atomic mass is 35.5. The van der Waals surface area contributed by atoms with E-state index in [1.807, 2.05) is 0 Å². The fourth-order valence-corrected chi connectivity index (χ4v) is 2.47. The topological polar surface area (TPSA) is 77.2 Å². The number of amides is 1. The molecule has 22 heavy (non-hydrogen) atoms. The smallest absolute Gasteiger partial charge is 0.226 e. The van der Waals surface area contributed by atoms with Crippen LogP contribution in [0.1, 0.15) is 12.8 Å². The van der Waals surface area contributed by atoms with E-state index in [2.05, 4.69) is 10.3 Å². The third-order valence-corrected chi connectivity index (χ3v) is 3.56. The van der Waals surface area contributed by atoms with Crippen molar-refractivity contribution in [1.29, 1.82) is 0 Å². The molecule has 3 N–H and O–H groups in total. The monoisotopic (exact) mass is 345 g/mol. The summed E-state index contributed by atoms with van der Waals surface area (Å²) in [6.07, 6.45) is 0.996. The van der Waals surface area contributed by atoms with Gasteiger partial charge in [-0.1, -0.05) is 0 Å². The van der Waals surface area contributed by atoms with Crippen LogP contribution >= 0.6 is 23.7 Å². The Kier molecular flexibility index (Phi) is 7.23. The lowest BCUT2D eigenvalue weighted by molar-refractivity contribution is -0.116. The first-order chi connectivity index (χ1) is 10.1. The van der Waals surface area contributed by atoms with Crippen LogP contribution in [0.25, 0.3) is 11.3 Å². The van der Waals surface area contributed by atoms with Crippen LogP contribution < -0.4 is 15.8 Å². The Labute approximate surface area is 138 Å². The Balaban J connectivity index is 0.00000242. The molecule has 0 atom stereocenters. The number of nitrogens with zero attached hydrogens (tertiary/aromatic N) is 1. The summed E-state index contributed by atoms with van der Waals surface area (Å²) in [5, 5.41) is 4.95. The SMILES string of the molecule is COc1ccc(-c2csc(NC(=O)CCCN)n2)cc1F.Cl. The zero-order valence-electron chi connectivity index (χ0n) is 12.0. The van der Waals surface area contributed by atoms with E-state index < -0.39 is 5.82 Å². The Hall–Kier alpha value is -1.70. The minimum atomic E-state index is -0.448. The number of carbonyl (C=O) groups is 1. The van der Waals surface area contributed by atoms with Gasteiger partial charge in [0.15, 0.2) is 16.7 Å². The van der Waals surface area contributed by atoms with Crippen molar-refractivity contribution >= 4 is 34.8 Å². The van der Waals surface area contributed by atoms with Crippen LogP contribution in [0.2, 0.25) is 0 Å². The Bertz CT molecular complexity index is 636. The second kappa shape index (κ2) is 8.67. The number of thiazole rings is 1. The van der Waals surface area contributed by atoms with E-state index in [0.29, 0.717) is 35.8 Å². The average molecular weight is 346 g/mol. The molecular formula is C14H17ClFN3O2S. The number of rotatable bonds is 6. The molecule has 1 aromatic heterocycles. The molecule has 8 heteroatoms.